The summed E-state index contributed by atoms with van der Waals surface area (Å²) in [6.07, 6.45) is 5.83. The maximum atomic E-state index is 10.6. The molecule has 1 atom stereocenters. The van der Waals surface area contributed by atoms with Crippen LogP contribution in [-0.4, -0.2) is 5.91 Å². The van der Waals surface area contributed by atoms with E-state index >= 15 is 0 Å². The minimum Gasteiger partial charge on any atom is -1.00 e. The molecule has 0 aromatic heterocycles. The number of nitrogens with two attached hydrogens (primary N) is 1. The van der Waals surface area contributed by atoms with Gasteiger partial charge in [-0.3, -0.25) is 4.79 Å². The number of amides is 1. The van der Waals surface area contributed by atoms with Gasteiger partial charge >= 0.3 is 29.6 Å². The van der Waals surface area contributed by atoms with Gasteiger partial charge in [-0.15, -0.1) is 0 Å². The fourth-order valence-corrected chi connectivity index (χ4v) is 1.02. The molecule has 2 N–H and O–H groups in total. The normalized spacial score (nSPS) is 11.8. The van der Waals surface area contributed by atoms with Crippen molar-refractivity contribution in [2.75, 3.05) is 0 Å². The number of hydrogen-bond donors (Lipinski definition) is 1. The molecule has 0 aliphatic rings. The van der Waals surface area contributed by atoms with E-state index in [9.17, 15) is 4.79 Å². The number of unbranched alkanes of at least 4 members (excludes halogenated alkanes) is 3. The standard InChI is InChI=1S/C9H19NO.Na.H/c1-3-4-5-6-7-8(2)9(10)11;;/h8H,3-7H2,1-2H3,(H2,10,11);;/q;+1;-1. The van der Waals surface area contributed by atoms with Crippen LogP contribution in [0.5, 0.6) is 0 Å². The second kappa shape index (κ2) is 9.56. The third-order valence-corrected chi connectivity index (χ3v) is 1.98. The van der Waals surface area contributed by atoms with E-state index in [0.29, 0.717) is 0 Å². The van der Waals surface area contributed by atoms with Crippen molar-refractivity contribution in [2.24, 2.45) is 11.7 Å². The molecule has 0 radical (unpaired) electrons. The molecular formula is C9H20NNaO. The molecule has 12 heavy (non-hydrogen) atoms. The molecule has 3 heteroatoms. The van der Waals surface area contributed by atoms with Crippen LogP contribution >= 0.6 is 0 Å². The van der Waals surface area contributed by atoms with E-state index in [1.807, 2.05) is 6.92 Å². The third kappa shape index (κ3) is 8.57. The molecule has 0 aromatic carbocycles. The molecule has 0 aliphatic carbocycles. The van der Waals surface area contributed by atoms with Gasteiger partial charge in [0.25, 0.3) is 0 Å². The van der Waals surface area contributed by atoms with E-state index in [4.69, 9.17) is 5.73 Å². The van der Waals surface area contributed by atoms with Gasteiger partial charge < -0.3 is 7.16 Å². The zero-order valence-electron chi connectivity index (χ0n) is 9.60. The van der Waals surface area contributed by atoms with Gasteiger partial charge in [-0.2, -0.15) is 0 Å². The van der Waals surface area contributed by atoms with Crippen LogP contribution in [-0.2, 0) is 4.79 Å². The van der Waals surface area contributed by atoms with Crippen LogP contribution < -0.4 is 35.3 Å². The van der Waals surface area contributed by atoms with E-state index in [0.717, 1.165) is 12.8 Å². The Morgan fingerprint density at radius 2 is 2.00 bits per heavy atom. The predicted molar refractivity (Wildman–Crippen MR) is 48.2 cm³/mol. The first-order valence-electron chi connectivity index (χ1n) is 4.47. The zero-order chi connectivity index (χ0) is 8.69. The van der Waals surface area contributed by atoms with Crippen LogP contribution in [0.15, 0.2) is 0 Å². The van der Waals surface area contributed by atoms with Gasteiger partial charge in [-0.05, 0) is 6.42 Å². The summed E-state index contributed by atoms with van der Waals surface area (Å²) in [6.45, 7) is 4.08. The summed E-state index contributed by atoms with van der Waals surface area (Å²) in [5, 5.41) is 0. The Kier molecular flexibility index (Phi) is 11.9. The van der Waals surface area contributed by atoms with Gasteiger partial charge in [0.1, 0.15) is 0 Å². The quantitative estimate of drug-likeness (QED) is 0.423. The van der Waals surface area contributed by atoms with Crippen molar-refractivity contribution in [2.45, 2.75) is 46.0 Å². The van der Waals surface area contributed by atoms with Gasteiger partial charge in [0.2, 0.25) is 5.91 Å². The van der Waals surface area contributed by atoms with Crippen molar-refractivity contribution < 1.29 is 35.8 Å². The Labute approximate surface area is 99.1 Å². The molecule has 0 spiro atoms. The van der Waals surface area contributed by atoms with Gasteiger partial charge in [-0.25, -0.2) is 0 Å². The largest absolute Gasteiger partial charge is 1.00 e. The van der Waals surface area contributed by atoms with Crippen LogP contribution in [0, 0.1) is 5.92 Å². The van der Waals surface area contributed by atoms with Crippen LogP contribution in [0.3, 0.4) is 0 Å². The minimum absolute atomic E-state index is 0. The van der Waals surface area contributed by atoms with Crippen molar-refractivity contribution in [3.05, 3.63) is 0 Å². The average molecular weight is 181 g/mol. The fourth-order valence-electron chi connectivity index (χ4n) is 1.02. The second-order valence-electron chi connectivity index (χ2n) is 3.15. The Balaban J connectivity index is -0.000000500. The first-order chi connectivity index (χ1) is 5.18. The maximum absolute atomic E-state index is 10.6. The molecule has 0 fully saturated rings. The number of carbonyl (C=O) groups is 1. The smallest absolute Gasteiger partial charge is 1.00 e. The molecule has 2 nitrogen and oxygen atoms in total. The fraction of sp³-hybridized carbons (Fsp3) is 0.889. The molecule has 0 aromatic rings. The topological polar surface area (TPSA) is 43.1 Å². The van der Waals surface area contributed by atoms with Crippen molar-refractivity contribution >= 4 is 5.91 Å². The maximum Gasteiger partial charge on any atom is 1.00 e. The monoisotopic (exact) mass is 181 g/mol. The second-order valence-corrected chi connectivity index (χ2v) is 3.15. The number of hydrogen-bond acceptors (Lipinski definition) is 1. The molecule has 0 aliphatic heterocycles. The van der Waals surface area contributed by atoms with E-state index in [2.05, 4.69) is 6.92 Å². The molecule has 0 heterocycles. The molecule has 0 bridgehead atoms. The molecular weight excluding hydrogens is 161 g/mol. The first-order valence-corrected chi connectivity index (χ1v) is 4.47. The number of rotatable bonds is 6. The van der Waals surface area contributed by atoms with Crippen LogP contribution in [0.2, 0.25) is 0 Å². The summed E-state index contributed by atoms with van der Waals surface area (Å²) >= 11 is 0. The summed E-state index contributed by atoms with van der Waals surface area (Å²) in [7, 11) is 0. The molecule has 0 saturated carbocycles. The Morgan fingerprint density at radius 1 is 1.42 bits per heavy atom. The van der Waals surface area contributed by atoms with Crippen molar-refractivity contribution in [1.82, 2.24) is 0 Å². The summed E-state index contributed by atoms with van der Waals surface area (Å²) in [4.78, 5) is 10.6. The zero-order valence-corrected chi connectivity index (χ0v) is 10.6. The van der Waals surface area contributed by atoms with Crippen molar-refractivity contribution in [3.8, 4) is 0 Å². The van der Waals surface area contributed by atoms with Gasteiger partial charge in [0.05, 0.1) is 0 Å². The van der Waals surface area contributed by atoms with E-state index in [1.165, 1.54) is 19.3 Å². The molecule has 68 valence electrons. The van der Waals surface area contributed by atoms with Crippen molar-refractivity contribution in [3.63, 3.8) is 0 Å². The van der Waals surface area contributed by atoms with Crippen LogP contribution in [0.25, 0.3) is 0 Å². The summed E-state index contributed by atoms with van der Waals surface area (Å²) in [5.74, 6) is -0.103. The molecule has 1 unspecified atom stereocenters. The summed E-state index contributed by atoms with van der Waals surface area (Å²) in [6, 6.07) is 0. The molecule has 1 amide bonds. The predicted octanol–water partition coefficient (Wildman–Crippen LogP) is -0.805. The van der Waals surface area contributed by atoms with Gasteiger partial charge in [0.15, 0.2) is 0 Å². The van der Waals surface area contributed by atoms with Crippen LogP contribution in [0.1, 0.15) is 47.4 Å². The van der Waals surface area contributed by atoms with E-state index in [-0.39, 0.29) is 42.8 Å². The Hall–Kier alpha value is 0.470. The van der Waals surface area contributed by atoms with Crippen LogP contribution in [0.4, 0.5) is 0 Å². The SMILES string of the molecule is CCCCCCC(C)C(N)=O.[H-].[Na+]. The number of primary amides is 1. The Morgan fingerprint density at radius 3 is 2.42 bits per heavy atom. The third-order valence-electron chi connectivity index (χ3n) is 1.98. The minimum atomic E-state index is -0.165. The summed E-state index contributed by atoms with van der Waals surface area (Å²) < 4.78 is 0. The van der Waals surface area contributed by atoms with Gasteiger partial charge in [0, 0.05) is 5.92 Å². The summed E-state index contributed by atoms with van der Waals surface area (Å²) in [5.41, 5.74) is 5.11. The van der Waals surface area contributed by atoms with Crippen molar-refractivity contribution in [1.29, 1.82) is 0 Å². The first kappa shape index (κ1) is 15.0. The number of carbonyl (C=O) groups excluding carboxylic acids is 1. The molecule has 0 rings (SSSR count). The van der Waals surface area contributed by atoms with E-state index < -0.39 is 0 Å². The Bertz CT molecular complexity index is 122. The molecule has 0 saturated heterocycles. The average Bonchev–Trinajstić information content (AvgIpc) is 1.97. The van der Waals surface area contributed by atoms with Gasteiger partial charge in [-0.1, -0.05) is 39.5 Å². The van der Waals surface area contributed by atoms with E-state index in [1.54, 1.807) is 0 Å².